The number of aryl methyl sites for hydroxylation is 1. The minimum absolute atomic E-state index is 0.583. The third-order valence-electron chi connectivity index (χ3n) is 4.20. The van der Waals surface area contributed by atoms with E-state index < -0.39 is 0 Å². The number of hydrogen-bond donors (Lipinski definition) is 1. The Hall–Kier alpha value is -1.20. The molecule has 5 heteroatoms. The summed E-state index contributed by atoms with van der Waals surface area (Å²) in [6.45, 7) is 6.65. The van der Waals surface area contributed by atoms with Crippen LogP contribution in [-0.2, 0) is 6.42 Å². The Morgan fingerprint density at radius 2 is 2.40 bits per heavy atom. The first kappa shape index (κ1) is 13.8. The molecule has 1 saturated heterocycles. The van der Waals surface area contributed by atoms with E-state index in [-0.39, 0.29) is 0 Å². The number of nitrogens with one attached hydrogen (secondary N) is 1. The summed E-state index contributed by atoms with van der Waals surface area (Å²) in [5.74, 6) is 2.80. The molecule has 3 rings (SSSR count). The number of nitrogens with zero attached hydrogens (tertiary/aromatic N) is 2. The number of aromatic nitrogens is 2. The molecule has 1 aliphatic heterocycles. The van der Waals surface area contributed by atoms with Gasteiger partial charge in [0.05, 0.1) is 0 Å². The number of rotatable bonds is 4. The van der Waals surface area contributed by atoms with E-state index in [0.717, 1.165) is 42.7 Å². The molecule has 2 unspecified atom stereocenters. The van der Waals surface area contributed by atoms with Crippen LogP contribution in [0.5, 0.6) is 0 Å². The minimum atomic E-state index is 0.583. The molecule has 1 N–H and O–H groups in total. The van der Waals surface area contributed by atoms with Crippen molar-refractivity contribution in [3.63, 3.8) is 0 Å². The summed E-state index contributed by atoms with van der Waals surface area (Å²) in [6.07, 6.45) is 3.46. The lowest BCUT2D eigenvalue weighted by Gasteiger charge is -2.27. The van der Waals surface area contributed by atoms with E-state index in [1.807, 2.05) is 0 Å². The molecule has 4 nitrogen and oxygen atoms in total. The van der Waals surface area contributed by atoms with Crippen molar-refractivity contribution in [1.29, 1.82) is 0 Å². The maximum absolute atomic E-state index is 5.43. The lowest BCUT2D eigenvalue weighted by Crippen LogP contribution is -2.33. The molecule has 0 amide bonds. The van der Waals surface area contributed by atoms with Gasteiger partial charge in [0.1, 0.15) is 0 Å². The van der Waals surface area contributed by atoms with Crippen LogP contribution < -0.4 is 5.32 Å². The highest BCUT2D eigenvalue weighted by atomic mass is 32.1. The van der Waals surface area contributed by atoms with Gasteiger partial charge in [-0.25, -0.2) is 0 Å². The summed E-state index contributed by atoms with van der Waals surface area (Å²) < 4.78 is 5.43. The van der Waals surface area contributed by atoms with Crippen molar-refractivity contribution in [2.75, 3.05) is 13.1 Å². The van der Waals surface area contributed by atoms with E-state index in [1.54, 1.807) is 11.3 Å². The van der Waals surface area contributed by atoms with E-state index >= 15 is 0 Å². The average molecular weight is 291 g/mol. The van der Waals surface area contributed by atoms with Gasteiger partial charge in [0, 0.05) is 17.4 Å². The predicted molar refractivity (Wildman–Crippen MR) is 80.8 cm³/mol. The van der Waals surface area contributed by atoms with Crippen molar-refractivity contribution in [3.8, 4) is 11.4 Å². The van der Waals surface area contributed by atoms with Gasteiger partial charge in [0.15, 0.2) is 0 Å². The molecule has 2 aromatic heterocycles. The first-order chi connectivity index (χ1) is 9.74. The van der Waals surface area contributed by atoms with Crippen molar-refractivity contribution in [2.24, 2.45) is 11.8 Å². The summed E-state index contributed by atoms with van der Waals surface area (Å²) in [6, 6.07) is 0. The molecular weight excluding hydrogens is 270 g/mol. The zero-order valence-electron chi connectivity index (χ0n) is 12.1. The van der Waals surface area contributed by atoms with Gasteiger partial charge in [0.25, 0.3) is 0 Å². The largest absolute Gasteiger partial charge is 0.339 e. The molecule has 0 spiro atoms. The predicted octanol–water partition coefficient (Wildman–Crippen LogP) is 3.28. The highest BCUT2D eigenvalue weighted by molar-refractivity contribution is 7.08. The second kappa shape index (κ2) is 6.06. The fourth-order valence-corrected chi connectivity index (χ4v) is 3.67. The summed E-state index contributed by atoms with van der Waals surface area (Å²) >= 11 is 1.68. The van der Waals surface area contributed by atoms with Crippen LogP contribution in [0, 0.1) is 18.8 Å². The second-order valence-corrected chi connectivity index (χ2v) is 6.51. The fraction of sp³-hybridized carbons (Fsp3) is 0.600. The van der Waals surface area contributed by atoms with Crippen molar-refractivity contribution in [1.82, 2.24) is 15.5 Å². The number of thiophene rings is 1. The monoisotopic (exact) mass is 291 g/mol. The van der Waals surface area contributed by atoms with Crippen LogP contribution in [0.4, 0.5) is 0 Å². The number of piperidine rings is 1. The van der Waals surface area contributed by atoms with E-state index in [1.165, 1.54) is 18.4 Å². The lowest BCUT2D eigenvalue weighted by atomic mass is 9.85. The molecular formula is C15H21N3OS. The van der Waals surface area contributed by atoms with Crippen LogP contribution in [0.2, 0.25) is 0 Å². The Balaban J connectivity index is 1.66. The van der Waals surface area contributed by atoms with E-state index in [4.69, 9.17) is 4.52 Å². The van der Waals surface area contributed by atoms with Crippen LogP contribution in [0.15, 0.2) is 15.3 Å². The van der Waals surface area contributed by atoms with Gasteiger partial charge in [-0.05, 0) is 55.6 Å². The smallest absolute Gasteiger partial charge is 0.227 e. The Labute approximate surface area is 123 Å². The van der Waals surface area contributed by atoms with Crippen LogP contribution in [-0.4, -0.2) is 23.2 Å². The minimum Gasteiger partial charge on any atom is -0.339 e. The molecule has 0 saturated carbocycles. The van der Waals surface area contributed by atoms with Gasteiger partial charge in [0.2, 0.25) is 11.7 Å². The molecule has 2 aromatic rings. The highest BCUT2D eigenvalue weighted by Gasteiger charge is 2.22. The van der Waals surface area contributed by atoms with Crippen LogP contribution >= 0.6 is 11.3 Å². The molecule has 0 aromatic carbocycles. The van der Waals surface area contributed by atoms with Gasteiger partial charge in [-0.1, -0.05) is 12.1 Å². The SMILES string of the molecule is Cc1cscc1-c1noc(CC(C)C2CCCNC2)n1. The Morgan fingerprint density at radius 1 is 1.50 bits per heavy atom. The molecule has 0 aliphatic carbocycles. The van der Waals surface area contributed by atoms with Crippen LogP contribution in [0.3, 0.4) is 0 Å². The normalized spacial score (nSPS) is 21.0. The second-order valence-electron chi connectivity index (χ2n) is 5.77. The summed E-state index contributed by atoms with van der Waals surface area (Å²) in [5, 5.41) is 11.8. The summed E-state index contributed by atoms with van der Waals surface area (Å²) in [5.41, 5.74) is 2.31. The van der Waals surface area contributed by atoms with Gasteiger partial charge < -0.3 is 9.84 Å². The maximum Gasteiger partial charge on any atom is 0.227 e. The molecule has 20 heavy (non-hydrogen) atoms. The van der Waals surface area contributed by atoms with Gasteiger partial charge in [-0.2, -0.15) is 16.3 Å². The average Bonchev–Trinajstić information content (AvgIpc) is 3.08. The topological polar surface area (TPSA) is 51.0 Å². The van der Waals surface area contributed by atoms with Gasteiger partial charge >= 0.3 is 0 Å². The van der Waals surface area contributed by atoms with E-state index in [2.05, 4.69) is 40.1 Å². The van der Waals surface area contributed by atoms with Gasteiger partial charge in [-0.15, -0.1) is 0 Å². The van der Waals surface area contributed by atoms with E-state index in [9.17, 15) is 0 Å². The van der Waals surface area contributed by atoms with E-state index in [0.29, 0.717) is 5.92 Å². The van der Waals surface area contributed by atoms with Crippen molar-refractivity contribution >= 4 is 11.3 Å². The third kappa shape index (κ3) is 2.94. The third-order valence-corrected chi connectivity index (χ3v) is 5.06. The lowest BCUT2D eigenvalue weighted by molar-refractivity contribution is 0.257. The first-order valence-electron chi connectivity index (χ1n) is 7.30. The zero-order valence-corrected chi connectivity index (χ0v) is 12.9. The Bertz CT molecular complexity index is 557. The zero-order chi connectivity index (χ0) is 13.9. The van der Waals surface area contributed by atoms with Crippen LogP contribution in [0.1, 0.15) is 31.2 Å². The standard InChI is InChI=1S/C15H21N3OS/c1-10(12-4-3-5-16-7-12)6-14-17-15(18-19-14)13-9-20-8-11(13)2/h8-10,12,16H,3-7H2,1-2H3. The highest BCUT2D eigenvalue weighted by Crippen LogP contribution is 2.26. The molecule has 3 heterocycles. The molecule has 0 bridgehead atoms. The first-order valence-corrected chi connectivity index (χ1v) is 8.25. The van der Waals surface area contributed by atoms with Crippen molar-refractivity contribution < 1.29 is 4.52 Å². The fourth-order valence-electron chi connectivity index (χ4n) is 2.84. The molecule has 0 radical (unpaired) electrons. The quantitative estimate of drug-likeness (QED) is 0.939. The van der Waals surface area contributed by atoms with Crippen molar-refractivity contribution in [3.05, 3.63) is 22.2 Å². The van der Waals surface area contributed by atoms with Crippen LogP contribution in [0.25, 0.3) is 11.4 Å². The van der Waals surface area contributed by atoms with Crippen molar-refractivity contribution in [2.45, 2.75) is 33.1 Å². The Morgan fingerprint density at radius 3 is 3.10 bits per heavy atom. The maximum atomic E-state index is 5.43. The molecule has 1 aliphatic rings. The summed E-state index contributed by atoms with van der Waals surface area (Å²) in [4.78, 5) is 4.56. The molecule has 1 fully saturated rings. The molecule has 2 atom stereocenters. The number of hydrogen-bond acceptors (Lipinski definition) is 5. The molecule has 108 valence electrons. The Kier molecular flexibility index (Phi) is 4.17. The van der Waals surface area contributed by atoms with Gasteiger partial charge in [-0.3, -0.25) is 0 Å². The summed E-state index contributed by atoms with van der Waals surface area (Å²) in [7, 11) is 0.